The Hall–Kier alpha value is -3.59. The number of fused-ring (bicyclic) bond motifs is 2. The Bertz CT molecular complexity index is 1080. The number of aromatic nitrogens is 1. The van der Waals surface area contributed by atoms with Gasteiger partial charge in [0.2, 0.25) is 0 Å². The van der Waals surface area contributed by atoms with Crippen LogP contribution in [0.3, 0.4) is 0 Å². The lowest BCUT2D eigenvalue weighted by atomic mass is 9.81. The second-order valence-corrected chi connectivity index (χ2v) is 8.06. The molecule has 0 bridgehead atoms. The van der Waals surface area contributed by atoms with Gasteiger partial charge in [-0.3, -0.25) is 4.90 Å². The number of H-pyrrole nitrogens is 1. The minimum absolute atomic E-state index is 0.0232. The summed E-state index contributed by atoms with van der Waals surface area (Å²) in [6, 6.07) is 6.90. The molecular formula is C24H30N4O5. The summed E-state index contributed by atoms with van der Waals surface area (Å²) in [4.78, 5) is 39.2. The summed E-state index contributed by atoms with van der Waals surface area (Å²) < 4.78 is 0. The molecule has 0 saturated carbocycles. The summed E-state index contributed by atoms with van der Waals surface area (Å²) >= 11 is 0. The van der Waals surface area contributed by atoms with E-state index >= 15 is 0 Å². The maximum absolute atomic E-state index is 12.4. The largest absolute Gasteiger partial charge is 0.478 e. The number of likely N-dealkylation sites (N-methyl/N-ethyl adjacent to an activating group) is 1. The van der Waals surface area contributed by atoms with E-state index in [1.54, 1.807) is 0 Å². The zero-order valence-electron chi connectivity index (χ0n) is 19.0. The van der Waals surface area contributed by atoms with E-state index in [-0.39, 0.29) is 12.1 Å². The number of carboxylic acids is 2. The first kappa shape index (κ1) is 24.1. The van der Waals surface area contributed by atoms with Gasteiger partial charge in [0, 0.05) is 54.9 Å². The summed E-state index contributed by atoms with van der Waals surface area (Å²) in [5.41, 5.74) is 5.24. The van der Waals surface area contributed by atoms with E-state index in [1.807, 2.05) is 18.7 Å². The van der Waals surface area contributed by atoms with Gasteiger partial charge >= 0.3 is 18.0 Å². The van der Waals surface area contributed by atoms with Gasteiger partial charge in [0.05, 0.1) is 6.04 Å². The number of aliphatic carboxylic acids is 2. The van der Waals surface area contributed by atoms with Crippen LogP contribution >= 0.6 is 0 Å². The summed E-state index contributed by atoms with van der Waals surface area (Å²) in [5, 5.41) is 20.2. The summed E-state index contributed by atoms with van der Waals surface area (Å²) in [6.45, 7) is 6.34. The number of hydrogen-bond donors (Lipinski definition) is 4. The molecule has 0 spiro atoms. The molecule has 2 heterocycles. The van der Waals surface area contributed by atoms with Crippen LogP contribution in [0.25, 0.3) is 16.5 Å². The van der Waals surface area contributed by atoms with Crippen LogP contribution in [0.4, 0.5) is 4.79 Å². The fourth-order valence-corrected chi connectivity index (χ4v) is 4.45. The number of benzene rings is 1. The van der Waals surface area contributed by atoms with Crippen molar-refractivity contribution in [3.8, 4) is 0 Å². The predicted octanol–water partition coefficient (Wildman–Crippen LogP) is 2.55. The molecule has 2 aromatic rings. The van der Waals surface area contributed by atoms with E-state index in [4.69, 9.17) is 10.2 Å². The van der Waals surface area contributed by atoms with Crippen LogP contribution in [0.1, 0.15) is 25.0 Å². The smallest absolute Gasteiger partial charge is 0.328 e. The number of hydrogen-bond acceptors (Lipinski definition) is 4. The molecule has 1 aromatic carbocycles. The Morgan fingerprint density at radius 1 is 1.18 bits per heavy atom. The Labute approximate surface area is 192 Å². The van der Waals surface area contributed by atoms with Crippen molar-refractivity contribution in [1.82, 2.24) is 20.1 Å². The van der Waals surface area contributed by atoms with Crippen LogP contribution in [0, 0.1) is 0 Å². The van der Waals surface area contributed by atoms with E-state index in [9.17, 15) is 14.4 Å². The van der Waals surface area contributed by atoms with Gasteiger partial charge in [-0.05, 0) is 50.1 Å². The van der Waals surface area contributed by atoms with Crippen molar-refractivity contribution in [2.45, 2.75) is 32.4 Å². The van der Waals surface area contributed by atoms with Crippen molar-refractivity contribution < 1.29 is 24.6 Å². The quantitative estimate of drug-likeness (QED) is 0.515. The van der Waals surface area contributed by atoms with Gasteiger partial charge in [0.15, 0.2) is 0 Å². The topological polar surface area (TPSA) is 126 Å². The minimum Gasteiger partial charge on any atom is -0.478 e. The Balaban J connectivity index is 0.000000331. The third-order valence-electron chi connectivity index (χ3n) is 6.00. The molecule has 9 heteroatoms. The highest BCUT2D eigenvalue weighted by molar-refractivity contribution is 5.98. The second-order valence-electron chi connectivity index (χ2n) is 8.06. The highest BCUT2D eigenvalue weighted by Crippen LogP contribution is 2.39. The molecule has 4 N–H and O–H groups in total. The molecule has 0 fully saturated rings. The lowest BCUT2D eigenvalue weighted by Crippen LogP contribution is -2.52. The lowest BCUT2D eigenvalue weighted by Gasteiger charge is -2.40. The number of carbonyl (C=O) groups excluding carboxylic acids is 1. The average molecular weight is 455 g/mol. The van der Waals surface area contributed by atoms with Gasteiger partial charge in [0.1, 0.15) is 0 Å². The molecule has 1 aromatic heterocycles. The summed E-state index contributed by atoms with van der Waals surface area (Å²) in [6.07, 6.45) is 6.56. The number of carbonyl (C=O) groups is 3. The highest BCUT2D eigenvalue weighted by atomic mass is 16.4. The minimum atomic E-state index is -1.26. The first-order valence-electron chi connectivity index (χ1n) is 11.0. The number of carboxylic acid groups (broad SMARTS) is 2. The van der Waals surface area contributed by atoms with Crippen molar-refractivity contribution in [3.05, 3.63) is 53.8 Å². The zero-order valence-corrected chi connectivity index (χ0v) is 19.0. The van der Waals surface area contributed by atoms with Gasteiger partial charge in [-0.1, -0.05) is 18.2 Å². The second kappa shape index (κ2) is 10.4. The molecule has 2 amide bonds. The fourth-order valence-electron chi connectivity index (χ4n) is 4.45. The number of nitrogens with zero attached hydrogens (tertiary/aromatic N) is 2. The molecular weight excluding hydrogens is 424 g/mol. The van der Waals surface area contributed by atoms with Crippen LogP contribution in [-0.4, -0.2) is 81.7 Å². The maximum Gasteiger partial charge on any atom is 0.328 e. The van der Waals surface area contributed by atoms with E-state index in [1.165, 1.54) is 27.6 Å². The third-order valence-corrected chi connectivity index (χ3v) is 6.00. The number of rotatable bonds is 5. The van der Waals surface area contributed by atoms with Crippen molar-refractivity contribution >= 4 is 34.4 Å². The van der Waals surface area contributed by atoms with Crippen LogP contribution in [0.15, 0.2) is 42.6 Å². The first-order valence-corrected chi connectivity index (χ1v) is 11.0. The maximum atomic E-state index is 12.4. The predicted molar refractivity (Wildman–Crippen MR) is 126 cm³/mol. The van der Waals surface area contributed by atoms with Crippen LogP contribution in [0.2, 0.25) is 0 Å². The average Bonchev–Trinajstić information content (AvgIpc) is 3.19. The number of urea groups is 1. The fraction of sp³-hybridized carbons (Fsp3) is 0.375. The first-order chi connectivity index (χ1) is 15.7. The third kappa shape index (κ3) is 5.43. The van der Waals surface area contributed by atoms with Gasteiger partial charge in [-0.2, -0.15) is 0 Å². The monoisotopic (exact) mass is 454 g/mol. The highest BCUT2D eigenvalue weighted by Gasteiger charge is 2.34. The van der Waals surface area contributed by atoms with E-state index in [2.05, 4.69) is 52.7 Å². The molecule has 0 saturated heterocycles. The number of nitrogens with one attached hydrogen (secondary N) is 2. The van der Waals surface area contributed by atoms with E-state index in [0.717, 1.165) is 26.1 Å². The normalized spacial score (nSPS) is 19.3. The van der Waals surface area contributed by atoms with E-state index in [0.29, 0.717) is 18.2 Å². The SMILES string of the molecule is CCN(CC)C(=O)N[C@H]1C=C2c3cccc4[nH]cc(c34)C[C@H]2N(C)C1.O=C(O)/C=C/C(=O)O. The summed E-state index contributed by atoms with van der Waals surface area (Å²) in [7, 11) is 2.16. The molecule has 0 unspecified atom stereocenters. The van der Waals surface area contributed by atoms with Crippen LogP contribution in [-0.2, 0) is 16.0 Å². The molecule has 1 aliphatic heterocycles. The van der Waals surface area contributed by atoms with Crippen LogP contribution in [0.5, 0.6) is 0 Å². The van der Waals surface area contributed by atoms with Crippen molar-refractivity contribution in [2.75, 3.05) is 26.7 Å². The Kier molecular flexibility index (Phi) is 7.55. The molecule has 33 heavy (non-hydrogen) atoms. The van der Waals surface area contributed by atoms with Crippen molar-refractivity contribution in [2.24, 2.45) is 0 Å². The standard InChI is InChI=1S/C20H26N4O.C4H4O4/c1-4-24(5-2)20(25)22-14-10-16-15-7-6-8-17-19(15)13(11-21-17)9-18(16)23(3)12-14;5-3(6)1-2-4(7)8/h6-8,10-11,14,18,21H,4-5,9,12H2,1-3H3,(H,22,25);1-2H,(H,5,6)(H,7,8)/b;2-1+/t14-,18+;/m0./s1. The number of amides is 2. The molecule has 2 atom stereocenters. The molecule has 4 rings (SSSR count). The lowest BCUT2D eigenvalue weighted by molar-refractivity contribution is -0.134. The van der Waals surface area contributed by atoms with Crippen molar-refractivity contribution in [3.63, 3.8) is 0 Å². The molecule has 2 aliphatic rings. The Morgan fingerprint density at radius 3 is 2.45 bits per heavy atom. The van der Waals surface area contributed by atoms with Gasteiger partial charge in [-0.25, -0.2) is 14.4 Å². The summed E-state index contributed by atoms with van der Waals surface area (Å²) in [5.74, 6) is -2.51. The molecule has 0 radical (unpaired) electrons. The van der Waals surface area contributed by atoms with Gasteiger partial charge in [0.25, 0.3) is 0 Å². The zero-order chi connectivity index (χ0) is 24.1. The molecule has 1 aliphatic carbocycles. The number of aromatic amines is 1. The van der Waals surface area contributed by atoms with Gasteiger partial charge in [-0.15, -0.1) is 0 Å². The van der Waals surface area contributed by atoms with Crippen molar-refractivity contribution in [1.29, 1.82) is 0 Å². The molecule has 9 nitrogen and oxygen atoms in total. The van der Waals surface area contributed by atoms with Gasteiger partial charge < -0.3 is 25.4 Å². The Morgan fingerprint density at radius 2 is 1.85 bits per heavy atom. The van der Waals surface area contributed by atoms with E-state index < -0.39 is 11.9 Å². The van der Waals surface area contributed by atoms with Crippen LogP contribution < -0.4 is 5.32 Å². The molecule has 176 valence electrons.